The molecule has 20 heavy (non-hydrogen) atoms. The molecule has 1 N–H and O–H groups in total. The Morgan fingerprint density at radius 1 is 1.35 bits per heavy atom. The Balaban J connectivity index is 2.47. The van der Waals surface area contributed by atoms with Gasteiger partial charge in [0.05, 0.1) is 6.61 Å². The standard InChI is InChI=1S/C15H18BrNO3/c1-15(2,9-18)17(3)8-10-6-14(19)20-13-7-11(16)4-5-12(10)13/h4-7,18H,8-9H2,1-3H3. The van der Waals surface area contributed by atoms with Gasteiger partial charge in [-0.2, -0.15) is 0 Å². The zero-order chi connectivity index (χ0) is 14.9. The molecular weight excluding hydrogens is 322 g/mol. The van der Waals surface area contributed by atoms with Crippen molar-refractivity contribution in [3.63, 3.8) is 0 Å². The van der Waals surface area contributed by atoms with Gasteiger partial charge in [0, 0.05) is 28.0 Å². The molecule has 0 fully saturated rings. The van der Waals surface area contributed by atoms with Crippen molar-refractivity contribution in [1.82, 2.24) is 4.90 Å². The van der Waals surface area contributed by atoms with Gasteiger partial charge in [-0.05, 0) is 44.7 Å². The van der Waals surface area contributed by atoms with Crippen molar-refractivity contribution in [3.05, 3.63) is 44.7 Å². The molecule has 2 aromatic rings. The van der Waals surface area contributed by atoms with Crippen molar-refractivity contribution in [2.75, 3.05) is 13.7 Å². The molecule has 0 unspecified atom stereocenters. The highest BCUT2D eigenvalue weighted by Gasteiger charge is 2.23. The summed E-state index contributed by atoms with van der Waals surface area (Å²) >= 11 is 3.37. The maximum Gasteiger partial charge on any atom is 0.336 e. The number of likely N-dealkylation sites (N-methyl/N-ethyl adjacent to an activating group) is 1. The molecule has 0 aliphatic carbocycles. The lowest BCUT2D eigenvalue weighted by atomic mass is 10.0. The Morgan fingerprint density at radius 3 is 2.70 bits per heavy atom. The van der Waals surface area contributed by atoms with E-state index in [0.29, 0.717) is 12.1 Å². The number of aliphatic hydroxyl groups is 1. The maximum absolute atomic E-state index is 11.7. The molecule has 5 heteroatoms. The van der Waals surface area contributed by atoms with E-state index in [1.807, 2.05) is 37.9 Å². The summed E-state index contributed by atoms with van der Waals surface area (Å²) < 4.78 is 6.09. The van der Waals surface area contributed by atoms with Crippen LogP contribution in [-0.2, 0) is 6.54 Å². The van der Waals surface area contributed by atoms with Crippen LogP contribution in [-0.4, -0.2) is 29.2 Å². The van der Waals surface area contributed by atoms with Gasteiger partial charge in [-0.15, -0.1) is 0 Å². The summed E-state index contributed by atoms with van der Waals surface area (Å²) in [4.78, 5) is 13.7. The molecule has 0 saturated carbocycles. The predicted octanol–water partition coefficient (Wildman–Crippen LogP) is 2.76. The Bertz CT molecular complexity index is 678. The third-order valence-corrected chi connectivity index (χ3v) is 4.11. The Kier molecular flexibility index (Phi) is 4.32. The average Bonchev–Trinajstić information content (AvgIpc) is 2.37. The summed E-state index contributed by atoms with van der Waals surface area (Å²) in [7, 11) is 1.93. The molecule has 1 aromatic carbocycles. The van der Waals surface area contributed by atoms with Crippen molar-refractivity contribution in [2.45, 2.75) is 25.9 Å². The molecule has 0 aliphatic rings. The van der Waals surface area contributed by atoms with E-state index in [1.165, 1.54) is 6.07 Å². The fraction of sp³-hybridized carbons (Fsp3) is 0.400. The lowest BCUT2D eigenvalue weighted by Gasteiger charge is -2.34. The second-order valence-electron chi connectivity index (χ2n) is 5.56. The smallest absolute Gasteiger partial charge is 0.336 e. The summed E-state index contributed by atoms with van der Waals surface area (Å²) in [5.41, 5.74) is 0.753. The maximum atomic E-state index is 11.7. The fourth-order valence-electron chi connectivity index (χ4n) is 1.92. The van der Waals surface area contributed by atoms with E-state index < -0.39 is 0 Å². The highest BCUT2D eigenvalue weighted by molar-refractivity contribution is 9.10. The average molecular weight is 340 g/mol. The van der Waals surface area contributed by atoms with Crippen molar-refractivity contribution in [3.8, 4) is 0 Å². The summed E-state index contributed by atoms with van der Waals surface area (Å²) in [5, 5.41) is 10.3. The van der Waals surface area contributed by atoms with Crippen molar-refractivity contribution in [1.29, 1.82) is 0 Å². The molecule has 0 bridgehead atoms. The number of fused-ring (bicyclic) bond motifs is 1. The summed E-state index contributed by atoms with van der Waals surface area (Å²) in [6, 6.07) is 7.15. The van der Waals surface area contributed by atoms with E-state index in [2.05, 4.69) is 15.9 Å². The molecule has 0 radical (unpaired) electrons. The van der Waals surface area contributed by atoms with E-state index in [0.717, 1.165) is 15.4 Å². The van der Waals surface area contributed by atoms with Crippen molar-refractivity contribution < 1.29 is 9.52 Å². The number of hydrogen-bond acceptors (Lipinski definition) is 4. The topological polar surface area (TPSA) is 53.7 Å². The highest BCUT2D eigenvalue weighted by atomic mass is 79.9. The molecule has 4 nitrogen and oxygen atoms in total. The lowest BCUT2D eigenvalue weighted by Crippen LogP contribution is -2.43. The first-order valence-electron chi connectivity index (χ1n) is 6.38. The van der Waals surface area contributed by atoms with Crippen LogP contribution in [0, 0.1) is 0 Å². The second-order valence-corrected chi connectivity index (χ2v) is 6.47. The van der Waals surface area contributed by atoms with Gasteiger partial charge in [-0.1, -0.05) is 15.9 Å². The molecule has 0 amide bonds. The largest absolute Gasteiger partial charge is 0.423 e. The minimum Gasteiger partial charge on any atom is -0.423 e. The highest BCUT2D eigenvalue weighted by Crippen LogP contribution is 2.24. The van der Waals surface area contributed by atoms with Crippen LogP contribution in [0.1, 0.15) is 19.4 Å². The monoisotopic (exact) mass is 339 g/mol. The number of rotatable bonds is 4. The van der Waals surface area contributed by atoms with Crippen LogP contribution in [0.4, 0.5) is 0 Å². The molecule has 1 aromatic heterocycles. The number of benzene rings is 1. The van der Waals surface area contributed by atoms with Crippen LogP contribution in [0.3, 0.4) is 0 Å². The van der Waals surface area contributed by atoms with Gasteiger partial charge in [0.25, 0.3) is 0 Å². The summed E-state index contributed by atoms with van der Waals surface area (Å²) in [5.74, 6) is 0. The molecule has 0 saturated heterocycles. The zero-order valence-corrected chi connectivity index (χ0v) is 13.4. The van der Waals surface area contributed by atoms with E-state index in [9.17, 15) is 9.90 Å². The summed E-state index contributed by atoms with van der Waals surface area (Å²) in [6.07, 6.45) is 0. The Morgan fingerprint density at radius 2 is 2.05 bits per heavy atom. The first kappa shape index (κ1) is 15.2. The summed E-state index contributed by atoms with van der Waals surface area (Å²) in [6.45, 7) is 4.53. The zero-order valence-electron chi connectivity index (χ0n) is 11.8. The fourth-order valence-corrected chi connectivity index (χ4v) is 2.26. The van der Waals surface area contributed by atoms with Crippen LogP contribution < -0.4 is 5.63 Å². The van der Waals surface area contributed by atoms with Gasteiger partial charge in [-0.3, -0.25) is 4.90 Å². The SMILES string of the molecule is CN(Cc1cc(=O)oc2cc(Br)ccc12)C(C)(C)CO. The van der Waals surface area contributed by atoms with Crippen LogP contribution in [0.25, 0.3) is 11.0 Å². The van der Waals surface area contributed by atoms with Crippen molar-refractivity contribution in [2.24, 2.45) is 0 Å². The minimum atomic E-state index is -0.360. The first-order chi connectivity index (χ1) is 9.33. The van der Waals surface area contributed by atoms with E-state index in [1.54, 1.807) is 6.07 Å². The second kappa shape index (κ2) is 5.68. The van der Waals surface area contributed by atoms with Gasteiger partial charge < -0.3 is 9.52 Å². The molecular formula is C15H18BrNO3. The molecule has 1 heterocycles. The minimum absolute atomic E-state index is 0.0500. The van der Waals surface area contributed by atoms with E-state index in [-0.39, 0.29) is 17.8 Å². The van der Waals surface area contributed by atoms with Crippen LogP contribution in [0.5, 0.6) is 0 Å². The van der Waals surface area contributed by atoms with Crippen molar-refractivity contribution >= 4 is 26.9 Å². The normalized spacial score (nSPS) is 12.3. The third-order valence-electron chi connectivity index (χ3n) is 3.62. The van der Waals surface area contributed by atoms with E-state index in [4.69, 9.17) is 4.42 Å². The molecule has 0 aliphatic heterocycles. The van der Waals surface area contributed by atoms with Crippen LogP contribution >= 0.6 is 15.9 Å². The lowest BCUT2D eigenvalue weighted by molar-refractivity contribution is 0.0736. The number of nitrogens with zero attached hydrogens (tertiary/aromatic N) is 1. The molecule has 2 rings (SSSR count). The third kappa shape index (κ3) is 3.11. The van der Waals surface area contributed by atoms with Gasteiger partial charge in [0.2, 0.25) is 0 Å². The van der Waals surface area contributed by atoms with Gasteiger partial charge >= 0.3 is 5.63 Å². The van der Waals surface area contributed by atoms with Crippen LogP contribution in [0.15, 0.2) is 37.9 Å². The molecule has 0 spiro atoms. The van der Waals surface area contributed by atoms with Gasteiger partial charge in [0.15, 0.2) is 0 Å². The predicted molar refractivity (Wildman–Crippen MR) is 82.8 cm³/mol. The Labute approximate surface area is 126 Å². The molecule has 0 atom stereocenters. The number of halogens is 1. The number of hydrogen-bond donors (Lipinski definition) is 1. The first-order valence-corrected chi connectivity index (χ1v) is 7.17. The van der Waals surface area contributed by atoms with Gasteiger partial charge in [0.1, 0.15) is 5.58 Å². The Hall–Kier alpha value is -1.17. The quantitative estimate of drug-likeness (QED) is 0.870. The number of aliphatic hydroxyl groups excluding tert-OH is 1. The van der Waals surface area contributed by atoms with Gasteiger partial charge in [-0.25, -0.2) is 4.79 Å². The molecule has 108 valence electrons. The van der Waals surface area contributed by atoms with E-state index >= 15 is 0 Å². The van der Waals surface area contributed by atoms with Crippen LogP contribution in [0.2, 0.25) is 0 Å².